The quantitative estimate of drug-likeness (QED) is 0.811. The van der Waals surface area contributed by atoms with Crippen LogP contribution in [-0.4, -0.2) is 22.7 Å². The van der Waals surface area contributed by atoms with Gasteiger partial charge in [0.05, 0.1) is 14.5 Å². The minimum absolute atomic E-state index is 0.223. The molecule has 0 bridgehead atoms. The lowest BCUT2D eigenvalue weighted by atomic mass is 9.86. The number of hydrogen-bond acceptors (Lipinski definition) is 4. The van der Waals surface area contributed by atoms with Gasteiger partial charge in [0, 0.05) is 12.0 Å². The van der Waals surface area contributed by atoms with Crippen molar-refractivity contribution < 1.29 is 9.53 Å². The molecule has 1 N–H and O–H groups in total. The number of aromatic nitrogens is 1. The number of alkyl carbamates (subject to hydrolysis) is 1. The van der Waals surface area contributed by atoms with E-state index < -0.39 is 5.60 Å². The molecule has 0 saturated heterocycles. The first-order chi connectivity index (χ1) is 9.74. The number of thiazole rings is 1. The smallest absolute Gasteiger partial charge is 0.407 e. The van der Waals surface area contributed by atoms with Gasteiger partial charge in [0.2, 0.25) is 0 Å². The topological polar surface area (TPSA) is 51.2 Å². The van der Waals surface area contributed by atoms with Gasteiger partial charge < -0.3 is 10.1 Å². The molecule has 0 spiro atoms. The molecule has 0 aliphatic heterocycles. The van der Waals surface area contributed by atoms with Crippen molar-refractivity contribution in [2.75, 3.05) is 0 Å². The fourth-order valence-electron chi connectivity index (χ4n) is 2.53. The Kier molecular flexibility index (Phi) is 5.30. The SMILES string of the molecule is Cc1nc([C@H]2CC[C@H](NC(=O)OC(C)(C)C)CC2)sc1Br. The van der Waals surface area contributed by atoms with Crippen LogP contribution in [0.25, 0.3) is 0 Å². The molecule has 1 heterocycles. The number of carbonyl (C=O) groups excluding carboxylic acids is 1. The number of amides is 1. The third kappa shape index (κ3) is 4.95. The lowest BCUT2D eigenvalue weighted by molar-refractivity contribution is 0.0491. The van der Waals surface area contributed by atoms with E-state index in [1.165, 1.54) is 5.01 Å². The van der Waals surface area contributed by atoms with Crippen LogP contribution in [0, 0.1) is 6.92 Å². The van der Waals surface area contributed by atoms with Crippen molar-refractivity contribution in [3.8, 4) is 0 Å². The van der Waals surface area contributed by atoms with Gasteiger partial charge in [-0.3, -0.25) is 0 Å². The van der Waals surface area contributed by atoms with Crippen LogP contribution >= 0.6 is 27.3 Å². The van der Waals surface area contributed by atoms with Gasteiger partial charge in [-0.1, -0.05) is 0 Å². The fourth-order valence-corrected chi connectivity index (χ4v) is 4.08. The molecule has 1 aliphatic rings. The summed E-state index contributed by atoms with van der Waals surface area (Å²) >= 11 is 5.28. The number of hydrogen-bond donors (Lipinski definition) is 1. The van der Waals surface area contributed by atoms with Gasteiger partial charge in [0.25, 0.3) is 0 Å². The van der Waals surface area contributed by atoms with Crippen LogP contribution in [0.2, 0.25) is 0 Å². The maximum Gasteiger partial charge on any atom is 0.407 e. The van der Waals surface area contributed by atoms with Crippen molar-refractivity contribution in [2.45, 2.75) is 70.9 Å². The van der Waals surface area contributed by atoms with Crippen LogP contribution in [0.1, 0.15) is 63.1 Å². The Balaban J connectivity index is 1.82. The number of ether oxygens (including phenoxy) is 1. The second-order valence-electron chi connectivity index (χ2n) is 6.61. The highest BCUT2D eigenvalue weighted by Gasteiger charge is 2.27. The van der Waals surface area contributed by atoms with Crippen LogP contribution in [-0.2, 0) is 4.74 Å². The highest BCUT2D eigenvalue weighted by atomic mass is 79.9. The van der Waals surface area contributed by atoms with Crippen LogP contribution < -0.4 is 5.32 Å². The summed E-state index contributed by atoms with van der Waals surface area (Å²) in [6.07, 6.45) is 3.80. The summed E-state index contributed by atoms with van der Waals surface area (Å²) in [5.41, 5.74) is 0.635. The second kappa shape index (κ2) is 6.65. The van der Waals surface area contributed by atoms with Crippen molar-refractivity contribution in [1.82, 2.24) is 10.3 Å². The van der Waals surface area contributed by atoms with E-state index >= 15 is 0 Å². The predicted octanol–water partition coefficient (Wildman–Crippen LogP) is 4.76. The Bertz CT molecular complexity index is 483. The van der Waals surface area contributed by atoms with Crippen molar-refractivity contribution in [2.24, 2.45) is 0 Å². The molecule has 2 rings (SSSR count). The molecule has 118 valence electrons. The summed E-state index contributed by atoms with van der Waals surface area (Å²) in [7, 11) is 0. The van der Waals surface area contributed by atoms with Crippen molar-refractivity contribution in [1.29, 1.82) is 0 Å². The molecule has 1 amide bonds. The average Bonchev–Trinajstić information content (AvgIpc) is 2.68. The van der Waals surface area contributed by atoms with Gasteiger partial charge in [-0.05, 0) is 69.3 Å². The number of halogens is 1. The predicted molar refractivity (Wildman–Crippen MR) is 88.9 cm³/mol. The van der Waals surface area contributed by atoms with E-state index in [0.29, 0.717) is 5.92 Å². The van der Waals surface area contributed by atoms with Crippen LogP contribution in [0.4, 0.5) is 4.79 Å². The molecule has 1 saturated carbocycles. The Morgan fingerprint density at radius 2 is 1.95 bits per heavy atom. The zero-order valence-electron chi connectivity index (χ0n) is 13.0. The van der Waals surface area contributed by atoms with E-state index in [2.05, 4.69) is 26.2 Å². The number of carbonyl (C=O) groups is 1. The van der Waals surface area contributed by atoms with E-state index in [0.717, 1.165) is 35.2 Å². The molecule has 1 aliphatic carbocycles. The van der Waals surface area contributed by atoms with Crippen molar-refractivity contribution in [3.63, 3.8) is 0 Å². The Labute approximate surface area is 138 Å². The van der Waals surface area contributed by atoms with Gasteiger partial charge in [0.1, 0.15) is 5.60 Å². The summed E-state index contributed by atoms with van der Waals surface area (Å²) in [4.78, 5) is 16.4. The molecule has 21 heavy (non-hydrogen) atoms. The van der Waals surface area contributed by atoms with Crippen molar-refractivity contribution in [3.05, 3.63) is 14.5 Å². The molecule has 1 aromatic rings. The summed E-state index contributed by atoms with van der Waals surface area (Å²) in [6.45, 7) is 7.67. The number of nitrogens with zero attached hydrogens (tertiary/aromatic N) is 1. The van der Waals surface area contributed by atoms with Crippen LogP contribution in [0.5, 0.6) is 0 Å². The number of nitrogens with one attached hydrogen (secondary N) is 1. The average molecular weight is 375 g/mol. The van der Waals surface area contributed by atoms with Crippen LogP contribution in [0.3, 0.4) is 0 Å². The first-order valence-corrected chi connectivity index (χ1v) is 8.98. The molecule has 0 unspecified atom stereocenters. The number of aryl methyl sites for hydroxylation is 1. The molecule has 0 atom stereocenters. The summed E-state index contributed by atoms with van der Waals surface area (Å²) in [5, 5.41) is 4.19. The minimum atomic E-state index is -0.439. The summed E-state index contributed by atoms with van der Waals surface area (Å²) < 4.78 is 6.44. The van der Waals surface area contributed by atoms with Crippen molar-refractivity contribution >= 4 is 33.4 Å². The lowest BCUT2D eigenvalue weighted by Gasteiger charge is -2.29. The largest absolute Gasteiger partial charge is 0.444 e. The molecule has 4 nitrogen and oxygen atoms in total. The second-order valence-corrected chi connectivity index (χ2v) is 8.95. The van der Waals surface area contributed by atoms with E-state index in [1.807, 2.05) is 27.7 Å². The Morgan fingerprint density at radius 1 is 1.33 bits per heavy atom. The van der Waals surface area contributed by atoms with Gasteiger partial charge in [-0.25, -0.2) is 9.78 Å². The summed E-state index contributed by atoms with van der Waals surface area (Å²) in [5.74, 6) is 0.525. The van der Waals surface area contributed by atoms with E-state index in [1.54, 1.807) is 11.3 Å². The van der Waals surface area contributed by atoms with Gasteiger partial charge in [-0.15, -0.1) is 11.3 Å². The van der Waals surface area contributed by atoms with Gasteiger partial charge >= 0.3 is 6.09 Å². The molecule has 0 radical (unpaired) electrons. The van der Waals surface area contributed by atoms with E-state index in [-0.39, 0.29) is 12.1 Å². The summed E-state index contributed by atoms with van der Waals surface area (Å²) in [6, 6.07) is 0.223. The molecular formula is C15H23BrN2O2S. The standard InChI is InChI=1S/C15H23BrN2O2S/c1-9-12(16)21-13(17-9)10-5-7-11(8-6-10)18-14(19)20-15(2,3)4/h10-11H,5-8H2,1-4H3,(H,18,19)/t10-,11-. The van der Waals surface area contributed by atoms with E-state index in [9.17, 15) is 4.79 Å². The zero-order valence-corrected chi connectivity index (χ0v) is 15.4. The van der Waals surface area contributed by atoms with Gasteiger partial charge in [0.15, 0.2) is 0 Å². The monoisotopic (exact) mass is 374 g/mol. The Morgan fingerprint density at radius 3 is 2.43 bits per heavy atom. The zero-order chi connectivity index (χ0) is 15.6. The molecule has 1 fully saturated rings. The normalized spacial score (nSPS) is 22.9. The Hall–Kier alpha value is -0.620. The minimum Gasteiger partial charge on any atom is -0.444 e. The third-order valence-corrected chi connectivity index (χ3v) is 5.72. The highest BCUT2D eigenvalue weighted by molar-refractivity contribution is 9.11. The molecule has 6 heteroatoms. The lowest BCUT2D eigenvalue weighted by Crippen LogP contribution is -2.40. The maximum absolute atomic E-state index is 11.8. The van der Waals surface area contributed by atoms with E-state index in [4.69, 9.17) is 4.74 Å². The highest BCUT2D eigenvalue weighted by Crippen LogP contribution is 2.37. The first-order valence-electron chi connectivity index (χ1n) is 7.37. The molecule has 0 aromatic carbocycles. The first kappa shape index (κ1) is 16.7. The number of rotatable bonds is 2. The van der Waals surface area contributed by atoms with Gasteiger partial charge in [-0.2, -0.15) is 0 Å². The molecular weight excluding hydrogens is 352 g/mol. The maximum atomic E-state index is 11.8. The fraction of sp³-hybridized carbons (Fsp3) is 0.733. The molecule has 1 aromatic heterocycles. The third-order valence-electron chi connectivity index (χ3n) is 3.55. The van der Waals surface area contributed by atoms with Crippen LogP contribution in [0.15, 0.2) is 3.79 Å².